The number of aryl methyl sites for hydroxylation is 1. The van der Waals surface area contributed by atoms with Crippen LogP contribution in [0.4, 0.5) is 10.1 Å². The molecule has 144 valence electrons. The molecular weight excluding hydrogens is 367 g/mol. The molecule has 1 saturated heterocycles. The van der Waals surface area contributed by atoms with Gasteiger partial charge in [-0.25, -0.2) is 17.1 Å². The summed E-state index contributed by atoms with van der Waals surface area (Å²) in [5, 5.41) is 2.70. The van der Waals surface area contributed by atoms with Crippen molar-refractivity contribution in [3.63, 3.8) is 0 Å². The molecule has 5 nitrogen and oxygen atoms in total. The second-order valence-corrected chi connectivity index (χ2v) is 8.88. The highest BCUT2D eigenvalue weighted by molar-refractivity contribution is 7.88. The minimum atomic E-state index is -3.41. The molecule has 1 amide bonds. The van der Waals surface area contributed by atoms with E-state index in [4.69, 9.17) is 0 Å². The summed E-state index contributed by atoms with van der Waals surface area (Å²) in [5.74, 6) is -0.923. The molecule has 0 radical (unpaired) electrons. The lowest BCUT2D eigenvalue weighted by atomic mass is 9.97. The predicted molar refractivity (Wildman–Crippen MR) is 103 cm³/mol. The van der Waals surface area contributed by atoms with E-state index >= 15 is 0 Å². The van der Waals surface area contributed by atoms with Gasteiger partial charge in [0.25, 0.3) is 0 Å². The van der Waals surface area contributed by atoms with Crippen molar-refractivity contribution < 1.29 is 17.6 Å². The van der Waals surface area contributed by atoms with Crippen molar-refractivity contribution in [2.75, 3.05) is 18.4 Å². The van der Waals surface area contributed by atoms with Gasteiger partial charge in [0.15, 0.2) is 0 Å². The number of rotatable bonds is 5. The second kappa shape index (κ2) is 8.19. The molecule has 2 aromatic carbocycles. The molecule has 1 aliphatic rings. The zero-order chi connectivity index (χ0) is 19.4. The number of amides is 1. The highest BCUT2D eigenvalue weighted by Crippen LogP contribution is 2.23. The number of piperidine rings is 1. The van der Waals surface area contributed by atoms with Crippen molar-refractivity contribution >= 4 is 21.6 Å². The molecule has 0 atom stereocenters. The van der Waals surface area contributed by atoms with E-state index < -0.39 is 15.8 Å². The number of nitrogens with zero attached hydrogens (tertiary/aromatic N) is 1. The lowest BCUT2D eigenvalue weighted by Crippen LogP contribution is -2.41. The molecule has 7 heteroatoms. The number of carbonyl (C=O) groups excluding carboxylic acids is 1. The van der Waals surface area contributed by atoms with E-state index in [9.17, 15) is 17.6 Å². The number of benzene rings is 2. The van der Waals surface area contributed by atoms with Crippen molar-refractivity contribution in [3.05, 3.63) is 65.5 Å². The van der Waals surface area contributed by atoms with E-state index in [1.165, 1.54) is 22.5 Å². The number of anilines is 1. The van der Waals surface area contributed by atoms with Gasteiger partial charge >= 0.3 is 0 Å². The third-order valence-electron chi connectivity index (χ3n) is 4.78. The van der Waals surface area contributed by atoms with Crippen LogP contribution in [0, 0.1) is 18.7 Å². The fourth-order valence-electron chi connectivity index (χ4n) is 3.19. The van der Waals surface area contributed by atoms with Crippen molar-refractivity contribution in [3.8, 4) is 0 Å². The summed E-state index contributed by atoms with van der Waals surface area (Å²) in [7, 11) is -3.41. The number of carbonyl (C=O) groups is 1. The maximum Gasteiger partial charge on any atom is 0.227 e. The van der Waals surface area contributed by atoms with Crippen LogP contribution < -0.4 is 5.32 Å². The van der Waals surface area contributed by atoms with Crippen LogP contribution in [-0.4, -0.2) is 31.7 Å². The molecule has 27 heavy (non-hydrogen) atoms. The Labute approximate surface area is 159 Å². The normalized spacial score (nSPS) is 16.2. The van der Waals surface area contributed by atoms with E-state index in [0.717, 1.165) is 11.1 Å². The summed E-state index contributed by atoms with van der Waals surface area (Å²) in [4.78, 5) is 12.4. The summed E-state index contributed by atoms with van der Waals surface area (Å²) in [5.41, 5.74) is 2.25. The Morgan fingerprint density at radius 1 is 1.15 bits per heavy atom. The molecule has 0 saturated carbocycles. The van der Waals surface area contributed by atoms with Crippen LogP contribution in [0.1, 0.15) is 24.0 Å². The highest BCUT2D eigenvalue weighted by Gasteiger charge is 2.31. The molecule has 0 aliphatic carbocycles. The van der Waals surface area contributed by atoms with E-state index in [2.05, 4.69) is 5.32 Å². The Morgan fingerprint density at radius 2 is 1.81 bits per heavy atom. The smallest absolute Gasteiger partial charge is 0.227 e. The maximum atomic E-state index is 13.2. The second-order valence-electron chi connectivity index (χ2n) is 6.91. The topological polar surface area (TPSA) is 66.5 Å². The number of nitrogens with one attached hydrogen (secondary N) is 1. The third-order valence-corrected chi connectivity index (χ3v) is 6.63. The molecule has 0 bridgehead atoms. The van der Waals surface area contributed by atoms with Crippen LogP contribution in [0.2, 0.25) is 0 Å². The standard InChI is InChI=1S/C20H23FN2O3S/c1-15-5-7-16(8-6-15)14-27(25,26)23-11-9-17(10-12-23)20(24)22-19-4-2-3-18(21)13-19/h2-8,13,17H,9-12,14H2,1H3,(H,22,24). The van der Waals surface area contributed by atoms with Gasteiger partial charge in [-0.15, -0.1) is 0 Å². The van der Waals surface area contributed by atoms with Crippen LogP contribution in [0.25, 0.3) is 0 Å². The van der Waals surface area contributed by atoms with E-state index in [1.807, 2.05) is 31.2 Å². The largest absolute Gasteiger partial charge is 0.326 e. The van der Waals surface area contributed by atoms with Crippen LogP contribution >= 0.6 is 0 Å². The zero-order valence-corrected chi connectivity index (χ0v) is 16.0. The monoisotopic (exact) mass is 390 g/mol. The Morgan fingerprint density at radius 3 is 2.44 bits per heavy atom. The van der Waals surface area contributed by atoms with Gasteiger partial charge in [-0.05, 0) is 43.5 Å². The van der Waals surface area contributed by atoms with Crippen LogP contribution in [-0.2, 0) is 20.6 Å². The molecule has 0 spiro atoms. The fourth-order valence-corrected chi connectivity index (χ4v) is 4.76. The van der Waals surface area contributed by atoms with Gasteiger partial charge < -0.3 is 5.32 Å². The fraction of sp³-hybridized carbons (Fsp3) is 0.350. The Bertz CT molecular complexity index is 905. The van der Waals surface area contributed by atoms with Gasteiger partial charge in [0.2, 0.25) is 15.9 Å². The molecule has 3 rings (SSSR count). The van der Waals surface area contributed by atoms with E-state index in [1.54, 1.807) is 6.07 Å². The van der Waals surface area contributed by atoms with Crippen LogP contribution in [0.5, 0.6) is 0 Å². The number of hydrogen-bond donors (Lipinski definition) is 1. The first-order valence-electron chi connectivity index (χ1n) is 8.93. The van der Waals surface area contributed by atoms with Gasteiger partial charge in [-0.1, -0.05) is 35.9 Å². The summed E-state index contributed by atoms with van der Waals surface area (Å²) in [6.07, 6.45) is 0.905. The number of hydrogen-bond acceptors (Lipinski definition) is 3. The summed E-state index contributed by atoms with van der Waals surface area (Å²) >= 11 is 0. The molecular formula is C20H23FN2O3S. The van der Waals surface area contributed by atoms with Gasteiger partial charge in [0.05, 0.1) is 5.75 Å². The first kappa shape index (κ1) is 19.5. The SMILES string of the molecule is Cc1ccc(CS(=O)(=O)N2CCC(C(=O)Nc3cccc(F)c3)CC2)cc1. The minimum absolute atomic E-state index is 0.0343. The average Bonchev–Trinajstić information content (AvgIpc) is 2.63. The number of sulfonamides is 1. The predicted octanol–water partition coefficient (Wildman–Crippen LogP) is 3.31. The van der Waals surface area contributed by atoms with Crippen molar-refractivity contribution in [1.82, 2.24) is 4.31 Å². The minimum Gasteiger partial charge on any atom is -0.326 e. The quantitative estimate of drug-likeness (QED) is 0.852. The van der Waals surface area contributed by atoms with Crippen molar-refractivity contribution in [2.24, 2.45) is 5.92 Å². The highest BCUT2D eigenvalue weighted by atomic mass is 32.2. The molecule has 0 aromatic heterocycles. The molecule has 2 aromatic rings. The molecule has 1 N–H and O–H groups in total. The molecule has 1 fully saturated rings. The lowest BCUT2D eigenvalue weighted by Gasteiger charge is -2.30. The first-order chi connectivity index (χ1) is 12.8. The average molecular weight is 390 g/mol. The Hall–Kier alpha value is -2.25. The van der Waals surface area contributed by atoms with Gasteiger partial charge in [-0.2, -0.15) is 0 Å². The summed E-state index contributed by atoms with van der Waals surface area (Å²) < 4.78 is 39.9. The summed E-state index contributed by atoms with van der Waals surface area (Å²) in [6.45, 7) is 2.59. The Kier molecular flexibility index (Phi) is 5.92. The van der Waals surface area contributed by atoms with Crippen LogP contribution in [0.3, 0.4) is 0 Å². The molecule has 0 unspecified atom stereocenters. The van der Waals surface area contributed by atoms with Crippen molar-refractivity contribution in [2.45, 2.75) is 25.5 Å². The lowest BCUT2D eigenvalue weighted by molar-refractivity contribution is -0.120. The maximum absolute atomic E-state index is 13.2. The van der Waals surface area contributed by atoms with E-state index in [-0.39, 0.29) is 17.6 Å². The van der Waals surface area contributed by atoms with Crippen LogP contribution in [0.15, 0.2) is 48.5 Å². The molecule has 1 heterocycles. The Balaban J connectivity index is 1.56. The van der Waals surface area contributed by atoms with Gasteiger partial charge in [0.1, 0.15) is 5.82 Å². The molecule has 1 aliphatic heterocycles. The zero-order valence-electron chi connectivity index (χ0n) is 15.2. The van der Waals surface area contributed by atoms with Gasteiger partial charge in [0, 0.05) is 24.7 Å². The number of halogens is 1. The van der Waals surface area contributed by atoms with Gasteiger partial charge in [-0.3, -0.25) is 4.79 Å². The van der Waals surface area contributed by atoms with E-state index in [0.29, 0.717) is 31.6 Å². The summed E-state index contributed by atoms with van der Waals surface area (Å²) in [6, 6.07) is 13.2. The van der Waals surface area contributed by atoms with Crippen molar-refractivity contribution in [1.29, 1.82) is 0 Å². The first-order valence-corrected chi connectivity index (χ1v) is 10.5. The third kappa shape index (κ3) is 5.14.